The van der Waals surface area contributed by atoms with Gasteiger partial charge in [-0.1, -0.05) is 12.1 Å². The van der Waals surface area contributed by atoms with Crippen molar-refractivity contribution in [3.8, 4) is 0 Å². The highest BCUT2D eigenvalue weighted by molar-refractivity contribution is 7.81. The number of rotatable bonds is 0. The van der Waals surface area contributed by atoms with E-state index in [0.29, 0.717) is 0 Å². The first-order valence-electron chi connectivity index (χ1n) is 3.45. The maximum Gasteiger partial charge on any atom is 0.192 e. The summed E-state index contributed by atoms with van der Waals surface area (Å²) in [5.74, 6) is 0. The number of nitrogens with zero attached hydrogens (tertiary/aromatic N) is 2. The lowest BCUT2D eigenvalue weighted by Gasteiger charge is -2.05. The Morgan fingerprint density at radius 1 is 1.18 bits per heavy atom. The minimum Gasteiger partial charge on any atom is -0.244 e. The molecule has 1 aliphatic heterocycles. The van der Waals surface area contributed by atoms with Crippen LogP contribution < -0.4 is 10.7 Å². The number of benzene rings is 1. The Labute approximate surface area is 70.1 Å². The molecule has 0 spiro atoms. The van der Waals surface area contributed by atoms with Crippen LogP contribution >= 0.6 is 12.6 Å². The molecule has 0 saturated heterocycles. The van der Waals surface area contributed by atoms with Crippen molar-refractivity contribution in [3.63, 3.8) is 0 Å². The molecule has 0 fully saturated rings. The highest BCUT2D eigenvalue weighted by atomic mass is 32.1. The van der Waals surface area contributed by atoms with Crippen molar-refractivity contribution in [1.82, 2.24) is 0 Å². The first-order valence-corrected chi connectivity index (χ1v) is 3.89. The van der Waals surface area contributed by atoms with E-state index in [2.05, 4.69) is 22.6 Å². The van der Waals surface area contributed by atoms with E-state index in [1.54, 1.807) is 0 Å². The third-order valence-corrected chi connectivity index (χ3v) is 1.75. The average Bonchev–Trinajstić information content (AvgIpc) is 2.21. The summed E-state index contributed by atoms with van der Waals surface area (Å²) in [5.41, 5.74) is 0. The van der Waals surface area contributed by atoms with Crippen LogP contribution in [0.4, 0.5) is 0 Å². The van der Waals surface area contributed by atoms with Gasteiger partial charge in [0.2, 0.25) is 0 Å². The van der Waals surface area contributed by atoms with Gasteiger partial charge >= 0.3 is 0 Å². The van der Waals surface area contributed by atoms with Crippen molar-refractivity contribution in [2.75, 3.05) is 0 Å². The molecule has 1 heterocycles. The Morgan fingerprint density at radius 2 is 1.64 bits per heavy atom. The summed E-state index contributed by atoms with van der Waals surface area (Å²) in [6.45, 7) is 1.87. The van der Waals surface area contributed by atoms with Crippen molar-refractivity contribution >= 4 is 12.6 Å². The fourth-order valence-electron chi connectivity index (χ4n) is 1.13. The number of fused-ring (bicyclic) bond motifs is 1. The van der Waals surface area contributed by atoms with Crippen LogP contribution in [0.25, 0.3) is 0 Å². The molecule has 0 atom stereocenters. The lowest BCUT2D eigenvalue weighted by atomic mass is 10.3. The van der Waals surface area contributed by atoms with Gasteiger partial charge in [-0.05, 0) is 19.1 Å². The molecular formula is C8H8N2S. The standard InChI is InChI=1S/C8H8N2S/c1-8(11)9-6-4-2-3-5-7(6)10-8/h2-5,11H,1H3. The van der Waals surface area contributed by atoms with E-state index in [1.807, 2.05) is 31.2 Å². The third kappa shape index (κ3) is 1.16. The van der Waals surface area contributed by atoms with Crippen LogP contribution in [0.1, 0.15) is 6.92 Å². The SMILES string of the molecule is CC1(S)N=c2ccccc2=N1. The van der Waals surface area contributed by atoms with Gasteiger partial charge in [-0.2, -0.15) is 0 Å². The molecule has 0 N–H and O–H groups in total. The third-order valence-electron chi connectivity index (χ3n) is 1.55. The van der Waals surface area contributed by atoms with Gasteiger partial charge in [0.25, 0.3) is 0 Å². The molecule has 0 bridgehead atoms. The van der Waals surface area contributed by atoms with Crippen LogP contribution in [0.15, 0.2) is 34.3 Å². The fourth-order valence-corrected chi connectivity index (χ4v) is 1.35. The van der Waals surface area contributed by atoms with E-state index in [9.17, 15) is 0 Å². The zero-order valence-corrected chi connectivity index (χ0v) is 7.05. The molecule has 0 radical (unpaired) electrons. The molecule has 2 nitrogen and oxygen atoms in total. The van der Waals surface area contributed by atoms with E-state index < -0.39 is 4.99 Å². The van der Waals surface area contributed by atoms with Crippen molar-refractivity contribution in [2.24, 2.45) is 9.98 Å². The van der Waals surface area contributed by atoms with Gasteiger partial charge in [0.1, 0.15) is 0 Å². The highest BCUT2D eigenvalue weighted by Gasteiger charge is 2.17. The van der Waals surface area contributed by atoms with Gasteiger partial charge in [0.15, 0.2) is 4.99 Å². The summed E-state index contributed by atoms with van der Waals surface area (Å²) in [7, 11) is 0. The molecule has 1 aromatic carbocycles. The molecule has 3 heteroatoms. The summed E-state index contributed by atoms with van der Waals surface area (Å²) < 4.78 is 0. The molecule has 56 valence electrons. The summed E-state index contributed by atoms with van der Waals surface area (Å²) in [5, 5.41) is 1.87. The molecule has 0 aliphatic carbocycles. The monoisotopic (exact) mass is 164 g/mol. The fraction of sp³-hybridized carbons (Fsp3) is 0.250. The second-order valence-electron chi connectivity index (χ2n) is 2.68. The number of para-hydroxylation sites is 2. The number of hydrogen-bond acceptors (Lipinski definition) is 3. The minimum atomic E-state index is -0.552. The molecule has 0 saturated carbocycles. The summed E-state index contributed by atoms with van der Waals surface area (Å²) in [6.07, 6.45) is 0. The highest BCUT2D eigenvalue weighted by Crippen LogP contribution is 2.16. The topological polar surface area (TPSA) is 24.7 Å². The van der Waals surface area contributed by atoms with Gasteiger partial charge in [-0.25, -0.2) is 9.98 Å². The van der Waals surface area contributed by atoms with Gasteiger partial charge in [-0.15, -0.1) is 12.6 Å². The molecular weight excluding hydrogens is 156 g/mol. The number of thiol groups is 1. The minimum absolute atomic E-state index is 0.552. The van der Waals surface area contributed by atoms with Crippen molar-refractivity contribution in [2.45, 2.75) is 11.9 Å². The Morgan fingerprint density at radius 3 is 2.09 bits per heavy atom. The van der Waals surface area contributed by atoms with Gasteiger partial charge in [-0.3, -0.25) is 0 Å². The van der Waals surface area contributed by atoms with Crippen LogP contribution in [-0.2, 0) is 0 Å². The van der Waals surface area contributed by atoms with Crippen LogP contribution in [0, 0.1) is 0 Å². The summed E-state index contributed by atoms with van der Waals surface area (Å²) in [6, 6.07) is 7.79. The maximum absolute atomic E-state index is 4.28. The van der Waals surface area contributed by atoms with Gasteiger partial charge in [0, 0.05) is 0 Å². The molecule has 11 heavy (non-hydrogen) atoms. The Kier molecular flexibility index (Phi) is 1.29. The number of hydrogen-bond donors (Lipinski definition) is 1. The first-order chi connectivity index (χ1) is 5.17. The molecule has 1 aromatic rings. The summed E-state index contributed by atoms with van der Waals surface area (Å²) >= 11 is 4.26. The van der Waals surface area contributed by atoms with Crippen LogP contribution in [0.3, 0.4) is 0 Å². The Bertz CT molecular complexity index is 358. The first kappa shape index (κ1) is 6.85. The van der Waals surface area contributed by atoms with Crippen molar-refractivity contribution < 1.29 is 0 Å². The van der Waals surface area contributed by atoms with E-state index in [4.69, 9.17) is 0 Å². The smallest absolute Gasteiger partial charge is 0.192 e. The lowest BCUT2D eigenvalue weighted by molar-refractivity contribution is 0.723. The predicted molar refractivity (Wildman–Crippen MR) is 46.1 cm³/mol. The van der Waals surface area contributed by atoms with Crippen LogP contribution in [-0.4, -0.2) is 4.99 Å². The molecule has 0 aromatic heterocycles. The zero-order valence-electron chi connectivity index (χ0n) is 6.15. The van der Waals surface area contributed by atoms with Crippen molar-refractivity contribution in [1.29, 1.82) is 0 Å². The Balaban J connectivity index is 2.81. The van der Waals surface area contributed by atoms with Crippen molar-refractivity contribution in [3.05, 3.63) is 35.0 Å². The van der Waals surface area contributed by atoms with E-state index in [1.165, 1.54) is 0 Å². The van der Waals surface area contributed by atoms with Crippen LogP contribution in [0.2, 0.25) is 0 Å². The van der Waals surface area contributed by atoms with E-state index in [0.717, 1.165) is 10.7 Å². The average molecular weight is 164 g/mol. The molecule has 1 aliphatic rings. The zero-order chi connectivity index (χ0) is 7.90. The molecule has 0 amide bonds. The lowest BCUT2D eigenvalue weighted by Crippen LogP contribution is -2.19. The molecule has 0 unspecified atom stereocenters. The van der Waals surface area contributed by atoms with Gasteiger partial charge < -0.3 is 0 Å². The largest absolute Gasteiger partial charge is 0.244 e. The van der Waals surface area contributed by atoms with E-state index >= 15 is 0 Å². The Hall–Kier alpha value is -0.830. The second kappa shape index (κ2) is 2.08. The quantitative estimate of drug-likeness (QED) is 0.541. The predicted octanol–water partition coefficient (Wildman–Crippen LogP) is 0.543. The summed E-state index contributed by atoms with van der Waals surface area (Å²) in [4.78, 5) is 8.01. The van der Waals surface area contributed by atoms with Gasteiger partial charge in [0.05, 0.1) is 10.7 Å². The van der Waals surface area contributed by atoms with E-state index in [-0.39, 0.29) is 0 Å². The van der Waals surface area contributed by atoms with Crippen LogP contribution in [0.5, 0.6) is 0 Å². The second-order valence-corrected chi connectivity index (χ2v) is 3.53. The molecule has 2 rings (SSSR count). The normalized spacial score (nSPS) is 18.4. The maximum atomic E-state index is 4.28.